The molecule has 2 aromatic rings. The fraction of sp³-hybridized carbons (Fsp3) is 0. The fourth-order valence-corrected chi connectivity index (χ4v) is 2.87. The van der Waals surface area contributed by atoms with Crippen molar-refractivity contribution in [1.82, 2.24) is 0 Å². The summed E-state index contributed by atoms with van der Waals surface area (Å²) >= 11 is 11.8. The van der Waals surface area contributed by atoms with Gasteiger partial charge in [0.25, 0.3) is 0 Å². The molecule has 0 aromatic heterocycles. The van der Waals surface area contributed by atoms with E-state index in [1.807, 2.05) is 0 Å². The second kappa shape index (κ2) is 4.23. The van der Waals surface area contributed by atoms with E-state index in [0.717, 1.165) is 0 Å². The third-order valence-corrected chi connectivity index (χ3v) is 3.81. The monoisotopic (exact) mass is 307 g/mol. The number of benzene rings is 2. The number of hydrogen-bond acceptors (Lipinski definition) is 4. The molecule has 20 heavy (non-hydrogen) atoms. The van der Waals surface area contributed by atoms with Crippen LogP contribution in [-0.4, -0.2) is 16.7 Å². The summed E-state index contributed by atoms with van der Waals surface area (Å²) in [6.45, 7) is 0. The summed E-state index contributed by atoms with van der Waals surface area (Å²) in [6, 6.07) is 5.79. The Balaban J connectivity index is 2.44. The number of hydrogen-bond donors (Lipinski definition) is 2. The van der Waals surface area contributed by atoms with Crippen LogP contribution < -0.4 is 5.73 Å². The Morgan fingerprint density at radius 1 is 0.950 bits per heavy atom. The highest BCUT2D eigenvalue weighted by Crippen LogP contribution is 2.41. The lowest BCUT2D eigenvalue weighted by atomic mass is 9.83. The minimum atomic E-state index is -0.524. The number of phenols is 1. The predicted molar refractivity (Wildman–Crippen MR) is 75.8 cm³/mol. The number of phenolic OH excluding ortho intramolecular Hbond substituents is 1. The van der Waals surface area contributed by atoms with Gasteiger partial charge in [-0.05, 0) is 12.1 Å². The summed E-state index contributed by atoms with van der Waals surface area (Å²) in [7, 11) is 0. The highest BCUT2D eigenvalue weighted by atomic mass is 35.5. The quantitative estimate of drug-likeness (QED) is 0.625. The minimum Gasteiger partial charge on any atom is -0.506 e. The van der Waals surface area contributed by atoms with Gasteiger partial charge in [0.2, 0.25) is 0 Å². The molecule has 0 amide bonds. The maximum Gasteiger partial charge on any atom is 0.198 e. The lowest BCUT2D eigenvalue weighted by Crippen LogP contribution is -2.23. The first-order valence-electron chi connectivity index (χ1n) is 5.62. The lowest BCUT2D eigenvalue weighted by Gasteiger charge is -2.21. The maximum atomic E-state index is 12.5. The second-order valence-electron chi connectivity index (χ2n) is 4.37. The summed E-state index contributed by atoms with van der Waals surface area (Å²) in [4.78, 5) is 24.9. The Labute approximate surface area is 123 Å². The first-order valence-corrected chi connectivity index (χ1v) is 6.38. The van der Waals surface area contributed by atoms with Gasteiger partial charge in [0.05, 0.1) is 26.7 Å². The summed E-state index contributed by atoms with van der Waals surface area (Å²) in [5, 5.41) is 9.88. The SMILES string of the molecule is Nc1cccc2c1C(=O)c1c(Cl)cc(Cl)c(O)c1C2=O. The number of carbonyl (C=O) groups excluding carboxylic acids is 2. The molecule has 1 aliphatic rings. The van der Waals surface area contributed by atoms with Crippen LogP contribution in [0.1, 0.15) is 31.8 Å². The zero-order valence-corrected chi connectivity index (χ0v) is 11.4. The molecule has 1 aliphatic carbocycles. The van der Waals surface area contributed by atoms with E-state index in [4.69, 9.17) is 28.9 Å². The predicted octanol–water partition coefficient (Wildman–Crippen LogP) is 3.06. The molecule has 0 radical (unpaired) electrons. The van der Waals surface area contributed by atoms with Crippen molar-refractivity contribution in [2.75, 3.05) is 5.73 Å². The number of fused-ring (bicyclic) bond motifs is 2. The molecule has 0 fully saturated rings. The van der Waals surface area contributed by atoms with E-state index in [0.29, 0.717) is 0 Å². The number of nitrogen functional groups attached to an aromatic ring is 1. The summed E-state index contributed by atoms with van der Waals surface area (Å²) in [5.74, 6) is -1.47. The van der Waals surface area contributed by atoms with E-state index in [2.05, 4.69) is 0 Å². The molecule has 0 aliphatic heterocycles. The third-order valence-electron chi connectivity index (χ3n) is 3.23. The minimum absolute atomic E-state index is 0.00931. The van der Waals surface area contributed by atoms with Crippen molar-refractivity contribution in [3.05, 3.63) is 56.6 Å². The third kappa shape index (κ3) is 1.55. The molecule has 0 bridgehead atoms. The van der Waals surface area contributed by atoms with Gasteiger partial charge in [-0.3, -0.25) is 9.59 Å². The van der Waals surface area contributed by atoms with E-state index in [-0.39, 0.29) is 38.0 Å². The Morgan fingerprint density at radius 2 is 1.65 bits per heavy atom. The molecule has 4 nitrogen and oxygen atoms in total. The molecule has 0 unspecified atom stereocenters. The van der Waals surface area contributed by atoms with Crippen LogP contribution in [0.15, 0.2) is 24.3 Å². The van der Waals surface area contributed by atoms with Crippen LogP contribution in [0.25, 0.3) is 0 Å². The van der Waals surface area contributed by atoms with E-state index < -0.39 is 17.3 Å². The van der Waals surface area contributed by atoms with Gasteiger partial charge in [0.1, 0.15) is 5.75 Å². The van der Waals surface area contributed by atoms with Gasteiger partial charge in [-0.15, -0.1) is 0 Å². The molecule has 3 N–H and O–H groups in total. The molecule has 0 atom stereocenters. The smallest absolute Gasteiger partial charge is 0.198 e. The molecular weight excluding hydrogens is 301 g/mol. The molecule has 3 rings (SSSR count). The Morgan fingerprint density at radius 3 is 2.35 bits per heavy atom. The number of anilines is 1. The highest BCUT2D eigenvalue weighted by Gasteiger charge is 2.36. The van der Waals surface area contributed by atoms with Gasteiger partial charge in [-0.2, -0.15) is 0 Å². The topological polar surface area (TPSA) is 80.4 Å². The summed E-state index contributed by atoms with van der Waals surface area (Å²) in [5.41, 5.74) is 5.96. The number of halogens is 2. The zero-order chi connectivity index (χ0) is 14.6. The Kier molecular flexibility index (Phi) is 2.74. The van der Waals surface area contributed by atoms with Crippen LogP contribution in [0.4, 0.5) is 5.69 Å². The summed E-state index contributed by atoms with van der Waals surface area (Å²) in [6.07, 6.45) is 0. The van der Waals surface area contributed by atoms with E-state index >= 15 is 0 Å². The number of rotatable bonds is 0. The van der Waals surface area contributed by atoms with Crippen molar-refractivity contribution in [2.45, 2.75) is 0 Å². The van der Waals surface area contributed by atoms with Gasteiger partial charge >= 0.3 is 0 Å². The highest BCUT2D eigenvalue weighted by molar-refractivity contribution is 6.42. The average Bonchev–Trinajstić information content (AvgIpc) is 2.40. The lowest BCUT2D eigenvalue weighted by molar-refractivity contribution is 0.0977. The number of aromatic hydroxyl groups is 1. The van der Waals surface area contributed by atoms with Gasteiger partial charge in [-0.25, -0.2) is 0 Å². The van der Waals surface area contributed by atoms with Crippen molar-refractivity contribution in [1.29, 1.82) is 0 Å². The average molecular weight is 308 g/mol. The summed E-state index contributed by atoms with van der Waals surface area (Å²) < 4.78 is 0. The van der Waals surface area contributed by atoms with Crippen LogP contribution in [0.2, 0.25) is 10.0 Å². The Hall–Kier alpha value is -2.04. The first-order chi connectivity index (χ1) is 9.43. The van der Waals surface area contributed by atoms with E-state index in [9.17, 15) is 14.7 Å². The van der Waals surface area contributed by atoms with Crippen molar-refractivity contribution in [2.24, 2.45) is 0 Å². The van der Waals surface area contributed by atoms with Crippen molar-refractivity contribution in [3.8, 4) is 5.75 Å². The van der Waals surface area contributed by atoms with E-state index in [1.165, 1.54) is 18.2 Å². The largest absolute Gasteiger partial charge is 0.506 e. The van der Waals surface area contributed by atoms with Gasteiger partial charge < -0.3 is 10.8 Å². The first kappa shape index (κ1) is 13.0. The fourth-order valence-electron chi connectivity index (χ4n) is 2.32. The Bertz CT molecular complexity index is 799. The van der Waals surface area contributed by atoms with Crippen molar-refractivity contribution < 1.29 is 14.7 Å². The molecular formula is C14H7Cl2NO3. The second-order valence-corrected chi connectivity index (χ2v) is 5.18. The van der Waals surface area contributed by atoms with Crippen molar-refractivity contribution in [3.63, 3.8) is 0 Å². The zero-order valence-electron chi connectivity index (χ0n) is 9.91. The maximum absolute atomic E-state index is 12.5. The number of ketones is 2. The molecule has 0 heterocycles. The molecule has 0 saturated carbocycles. The molecule has 2 aromatic carbocycles. The van der Waals surface area contributed by atoms with Crippen LogP contribution in [0.3, 0.4) is 0 Å². The van der Waals surface area contributed by atoms with E-state index in [1.54, 1.807) is 6.07 Å². The van der Waals surface area contributed by atoms with Crippen LogP contribution in [-0.2, 0) is 0 Å². The number of carbonyl (C=O) groups is 2. The molecule has 0 saturated heterocycles. The molecule has 0 spiro atoms. The standard InChI is InChI=1S/C14H7Cl2NO3/c15-6-4-7(16)13(19)11-10(6)14(20)9-5(12(11)18)2-1-3-8(9)17/h1-4,19H,17H2. The van der Waals surface area contributed by atoms with Gasteiger partial charge in [-0.1, -0.05) is 35.3 Å². The normalized spacial score (nSPS) is 13.1. The van der Waals surface area contributed by atoms with Crippen LogP contribution >= 0.6 is 23.2 Å². The number of nitrogens with two attached hydrogens (primary N) is 1. The molecule has 100 valence electrons. The van der Waals surface area contributed by atoms with Crippen molar-refractivity contribution >= 4 is 40.5 Å². The molecule has 6 heteroatoms. The van der Waals surface area contributed by atoms with Crippen LogP contribution in [0, 0.1) is 0 Å². The van der Waals surface area contributed by atoms with Gasteiger partial charge in [0, 0.05) is 11.3 Å². The van der Waals surface area contributed by atoms with Gasteiger partial charge in [0.15, 0.2) is 11.6 Å². The van der Waals surface area contributed by atoms with Crippen LogP contribution in [0.5, 0.6) is 5.75 Å².